The van der Waals surface area contributed by atoms with E-state index in [1.807, 2.05) is 74.8 Å². The molecular weight excluding hydrogens is 921 g/mol. The van der Waals surface area contributed by atoms with Crippen LogP contribution in [-0.4, -0.2) is 118 Å². The number of nitrogens with one attached hydrogen (secondary N) is 2. The number of unbranched alkanes of at least 4 members (excludes halogenated alkanes) is 2. The molecule has 5 rings (SSSR count). The van der Waals surface area contributed by atoms with E-state index in [9.17, 15) is 9.59 Å². The van der Waals surface area contributed by atoms with Gasteiger partial charge in [-0.25, -0.2) is 9.59 Å². The monoisotopic (exact) mass is 997 g/mol. The molecule has 2 N–H and O–H groups in total. The summed E-state index contributed by atoms with van der Waals surface area (Å²) in [4.78, 5) is 30.9. The number of benzene rings is 4. The van der Waals surface area contributed by atoms with Crippen LogP contribution in [0.4, 0.5) is 34.1 Å². The van der Waals surface area contributed by atoms with Crippen molar-refractivity contribution in [3.05, 3.63) is 132 Å². The zero-order valence-electron chi connectivity index (χ0n) is 44.5. The van der Waals surface area contributed by atoms with Gasteiger partial charge in [0.1, 0.15) is 17.2 Å². The van der Waals surface area contributed by atoms with Gasteiger partial charge >= 0.3 is 11.9 Å². The van der Waals surface area contributed by atoms with Crippen LogP contribution >= 0.6 is 0 Å². The summed E-state index contributed by atoms with van der Waals surface area (Å²) in [7, 11) is 9.97. The van der Waals surface area contributed by atoms with Gasteiger partial charge in [0, 0.05) is 94.7 Å². The Bertz CT molecular complexity index is 2600. The maximum absolute atomic E-state index is 13.4. The third-order valence-electron chi connectivity index (χ3n) is 12.3. The average molecular weight is 997 g/mol. The number of allylic oxidation sites excluding steroid dienone is 2. The van der Waals surface area contributed by atoms with Crippen molar-refractivity contribution in [3.63, 3.8) is 0 Å². The number of rotatable bonds is 28. The summed E-state index contributed by atoms with van der Waals surface area (Å²) >= 11 is 0. The van der Waals surface area contributed by atoms with E-state index in [-0.39, 0.29) is 11.4 Å². The second kappa shape index (κ2) is 29.1. The highest BCUT2D eigenvalue weighted by atomic mass is 16.5. The lowest BCUT2D eigenvalue weighted by Crippen LogP contribution is -2.36. The van der Waals surface area contributed by atoms with Gasteiger partial charge in [0.25, 0.3) is 0 Å². The molecule has 15 heteroatoms. The molecule has 1 heterocycles. The number of likely N-dealkylation sites (N-methyl/N-ethyl adjacent to an activating group) is 1. The number of anilines is 6. The molecule has 0 aromatic heterocycles. The highest BCUT2D eigenvalue weighted by Crippen LogP contribution is 2.41. The van der Waals surface area contributed by atoms with Gasteiger partial charge in [-0.2, -0.15) is 10.2 Å². The van der Waals surface area contributed by atoms with E-state index >= 15 is 0 Å². The van der Waals surface area contributed by atoms with Gasteiger partial charge in [-0.1, -0.05) is 88.4 Å². The van der Waals surface area contributed by atoms with Gasteiger partial charge in [0.15, 0.2) is 11.4 Å². The van der Waals surface area contributed by atoms with Crippen LogP contribution in [0.25, 0.3) is 12.2 Å². The van der Waals surface area contributed by atoms with Gasteiger partial charge in [-0.15, -0.1) is 0 Å². The highest BCUT2D eigenvalue weighted by molar-refractivity contribution is 6.44. The lowest BCUT2D eigenvalue weighted by atomic mass is 10.0. The van der Waals surface area contributed by atoms with Crippen molar-refractivity contribution in [2.24, 2.45) is 10.2 Å². The molecule has 390 valence electrons. The smallest absolute Gasteiger partial charge is 0.359 e. The molecule has 0 saturated carbocycles. The van der Waals surface area contributed by atoms with Crippen LogP contribution in [0.5, 0.6) is 11.5 Å². The van der Waals surface area contributed by atoms with Crippen molar-refractivity contribution in [2.45, 2.75) is 52.9 Å². The molecule has 73 heavy (non-hydrogen) atoms. The van der Waals surface area contributed by atoms with Crippen molar-refractivity contribution in [1.29, 1.82) is 0 Å². The van der Waals surface area contributed by atoms with E-state index in [0.29, 0.717) is 54.8 Å². The van der Waals surface area contributed by atoms with Gasteiger partial charge < -0.3 is 44.1 Å². The summed E-state index contributed by atoms with van der Waals surface area (Å²) in [5, 5.41) is 19.2. The summed E-state index contributed by atoms with van der Waals surface area (Å²) in [6.45, 7) is 20.1. The molecule has 15 nitrogen and oxygen atoms in total. The van der Waals surface area contributed by atoms with Gasteiger partial charge in [-0.3, -0.25) is 10.0 Å². The van der Waals surface area contributed by atoms with Gasteiger partial charge in [0.2, 0.25) is 0 Å². The largest absolute Gasteiger partial charge is 0.491 e. The fraction of sp³-hybridized carbons (Fsp3) is 0.379. The SMILES string of the molecule is C=C(C=Cc1ccccc1NC)C(=NN(C)c1ccc(N(CC)CCc2ccc(NC)c(C=CC(=C)C(=NN(C)c3cc(OCCCC)c(N4CCOCC4)cc3OCCCC)C(=O)OC)c2)cc1)C(=O)OC. The molecule has 0 atom stereocenters. The number of morpholine rings is 1. The number of carbonyl (C=O) groups is 2. The number of hydrazone groups is 2. The Kier molecular flexibility index (Phi) is 22.5. The van der Waals surface area contributed by atoms with Crippen molar-refractivity contribution in [1.82, 2.24) is 0 Å². The molecule has 0 amide bonds. The van der Waals surface area contributed by atoms with E-state index in [4.69, 9.17) is 28.8 Å². The molecule has 1 aliphatic rings. The van der Waals surface area contributed by atoms with Crippen molar-refractivity contribution >= 4 is 69.6 Å². The van der Waals surface area contributed by atoms with Crippen molar-refractivity contribution in [2.75, 3.05) is 125 Å². The van der Waals surface area contributed by atoms with Crippen LogP contribution in [0.15, 0.2) is 126 Å². The minimum Gasteiger partial charge on any atom is -0.491 e. The number of hydrogen-bond donors (Lipinski definition) is 2. The molecule has 4 aromatic rings. The third-order valence-corrected chi connectivity index (χ3v) is 12.3. The van der Waals surface area contributed by atoms with Crippen LogP contribution in [0.1, 0.15) is 63.1 Å². The van der Waals surface area contributed by atoms with Crippen LogP contribution in [0.3, 0.4) is 0 Å². The number of ether oxygens (including phenoxy) is 5. The summed E-state index contributed by atoms with van der Waals surface area (Å²) in [6, 6.07) is 26.2. The average Bonchev–Trinajstić information content (AvgIpc) is 3.42. The van der Waals surface area contributed by atoms with E-state index in [1.54, 1.807) is 36.3 Å². The highest BCUT2D eigenvalue weighted by Gasteiger charge is 2.24. The first kappa shape index (κ1) is 56.4. The molecule has 0 aliphatic carbocycles. The molecular formula is C58H76N8O7. The van der Waals surface area contributed by atoms with Crippen LogP contribution in [0, 0.1) is 0 Å². The minimum absolute atomic E-state index is 0.0463. The topological polar surface area (TPSA) is 142 Å². The summed E-state index contributed by atoms with van der Waals surface area (Å²) in [5.41, 5.74) is 9.20. The quantitative estimate of drug-likeness (QED) is 0.0183. The zero-order valence-corrected chi connectivity index (χ0v) is 44.5. The molecule has 0 spiro atoms. The van der Waals surface area contributed by atoms with Crippen LogP contribution in [0.2, 0.25) is 0 Å². The first-order valence-electron chi connectivity index (χ1n) is 25.1. The van der Waals surface area contributed by atoms with Crippen LogP contribution < -0.4 is 39.9 Å². The number of methoxy groups -OCH3 is 2. The molecule has 1 saturated heterocycles. The number of carbonyl (C=O) groups excluding carboxylic acids is 2. The maximum atomic E-state index is 13.4. The Balaban J connectivity index is 1.33. The van der Waals surface area contributed by atoms with Crippen molar-refractivity contribution < 1.29 is 33.3 Å². The van der Waals surface area contributed by atoms with Gasteiger partial charge in [-0.05, 0) is 85.3 Å². The Morgan fingerprint density at radius 3 is 1.86 bits per heavy atom. The molecule has 0 radical (unpaired) electrons. The predicted molar refractivity (Wildman–Crippen MR) is 302 cm³/mol. The fourth-order valence-electron chi connectivity index (χ4n) is 7.96. The lowest BCUT2D eigenvalue weighted by molar-refractivity contribution is -0.133. The maximum Gasteiger partial charge on any atom is 0.359 e. The second-order valence-electron chi connectivity index (χ2n) is 17.3. The summed E-state index contributed by atoms with van der Waals surface area (Å²) < 4.78 is 28.8. The summed E-state index contributed by atoms with van der Waals surface area (Å²) in [6.07, 6.45) is 11.9. The normalized spacial score (nSPS) is 12.9. The number of nitrogens with zero attached hydrogens (tertiary/aromatic N) is 6. The Morgan fingerprint density at radius 1 is 0.712 bits per heavy atom. The Hall–Kier alpha value is -7.52. The number of esters is 2. The first-order chi connectivity index (χ1) is 35.4. The van der Waals surface area contributed by atoms with E-state index in [1.165, 1.54) is 14.2 Å². The molecule has 4 aromatic carbocycles. The Labute approximate surface area is 433 Å². The van der Waals surface area contributed by atoms with E-state index in [0.717, 1.165) is 103 Å². The number of hydrogen-bond acceptors (Lipinski definition) is 15. The van der Waals surface area contributed by atoms with Crippen molar-refractivity contribution in [3.8, 4) is 11.5 Å². The van der Waals surface area contributed by atoms with E-state index in [2.05, 4.69) is 89.8 Å². The van der Waals surface area contributed by atoms with Crippen LogP contribution in [-0.2, 0) is 30.2 Å². The third kappa shape index (κ3) is 16.0. The first-order valence-corrected chi connectivity index (χ1v) is 25.1. The van der Waals surface area contributed by atoms with E-state index < -0.39 is 11.9 Å². The lowest BCUT2D eigenvalue weighted by Gasteiger charge is -2.31. The molecule has 0 unspecified atom stereocenters. The summed E-state index contributed by atoms with van der Waals surface area (Å²) in [5.74, 6) is 0.139. The molecule has 0 bridgehead atoms. The second-order valence-corrected chi connectivity index (χ2v) is 17.3. The Morgan fingerprint density at radius 2 is 1.27 bits per heavy atom. The fourth-order valence-corrected chi connectivity index (χ4v) is 7.96. The minimum atomic E-state index is -0.624. The zero-order chi connectivity index (χ0) is 52.7. The molecule has 1 aliphatic heterocycles. The molecule has 1 fully saturated rings. The standard InChI is InChI=1S/C58H76N8O7/c1-12-15-35-72-53-41-52(66-33-37-71-38-34-66)54(73-36-16-13-2)40-51(53)64(9)62-56(58(68)70-11)43(5)22-25-46-39-44(23-30-50(46)60-7)31-32-65(14-3)48-28-26-47(27-29-48)63(8)61-55(57(67)69-10)42(4)21-24-45-19-17-18-20-49(45)59-6/h17-30,39-41,59-60H,4-5,12-16,31-38H2,1-3,6-11H3. The predicted octanol–water partition coefficient (Wildman–Crippen LogP) is 10.5. The van der Waals surface area contributed by atoms with Gasteiger partial charge in [0.05, 0.1) is 52.0 Å². The number of para-hydroxylation sites is 1.